The Balaban J connectivity index is 1.96. The third-order valence-corrected chi connectivity index (χ3v) is 5.63. The van der Waals surface area contributed by atoms with Gasteiger partial charge in [0.05, 0.1) is 5.69 Å². The zero-order valence-corrected chi connectivity index (χ0v) is 12.8. The summed E-state index contributed by atoms with van der Waals surface area (Å²) >= 11 is 1.50. The molecule has 0 atom stereocenters. The van der Waals surface area contributed by atoms with Gasteiger partial charge in [0.25, 0.3) is 5.91 Å². The molecule has 1 aliphatic carbocycles. The van der Waals surface area contributed by atoms with Crippen LogP contribution in [-0.4, -0.2) is 11.4 Å². The summed E-state index contributed by atoms with van der Waals surface area (Å²) in [6.07, 6.45) is 4.50. The molecular weight excluding hydrogens is 268 g/mol. The van der Waals surface area contributed by atoms with Gasteiger partial charge in [0, 0.05) is 15.6 Å². The minimum absolute atomic E-state index is 0.0208. The fraction of sp³-hybridized carbons (Fsp3) is 0.438. The van der Waals surface area contributed by atoms with Gasteiger partial charge in [0.1, 0.15) is 4.88 Å². The van der Waals surface area contributed by atoms with Gasteiger partial charge in [-0.05, 0) is 32.3 Å². The summed E-state index contributed by atoms with van der Waals surface area (Å²) in [6, 6.07) is 6.03. The molecule has 1 aromatic heterocycles. The highest BCUT2D eigenvalue weighted by Crippen LogP contribution is 2.36. The summed E-state index contributed by atoms with van der Waals surface area (Å²) < 4.78 is 1.12. The zero-order valence-electron chi connectivity index (χ0n) is 12.0. The molecule has 0 aliphatic heterocycles. The maximum absolute atomic E-state index is 12.5. The number of fused-ring (bicyclic) bond motifs is 1. The summed E-state index contributed by atoms with van der Waals surface area (Å²) in [7, 11) is 0. The second-order valence-electron chi connectivity index (χ2n) is 6.02. The molecule has 1 saturated carbocycles. The molecule has 1 heterocycles. The van der Waals surface area contributed by atoms with E-state index in [0.29, 0.717) is 10.6 Å². The molecule has 2 aromatic rings. The lowest BCUT2D eigenvalue weighted by Crippen LogP contribution is -2.43. The van der Waals surface area contributed by atoms with Crippen LogP contribution >= 0.6 is 11.3 Å². The van der Waals surface area contributed by atoms with Crippen LogP contribution in [0.1, 0.15) is 47.8 Å². The maximum Gasteiger partial charge on any atom is 0.263 e. The highest BCUT2D eigenvalue weighted by molar-refractivity contribution is 7.21. The number of nitrogens with two attached hydrogens (primary N) is 1. The van der Waals surface area contributed by atoms with Gasteiger partial charge in [-0.15, -0.1) is 11.3 Å². The maximum atomic E-state index is 12.5. The summed E-state index contributed by atoms with van der Waals surface area (Å²) in [5, 5.41) is 4.18. The third-order valence-electron chi connectivity index (χ3n) is 4.28. The van der Waals surface area contributed by atoms with E-state index in [9.17, 15) is 4.79 Å². The first kappa shape index (κ1) is 13.4. The Labute approximate surface area is 123 Å². The minimum Gasteiger partial charge on any atom is -0.397 e. The van der Waals surface area contributed by atoms with Gasteiger partial charge in [-0.25, -0.2) is 0 Å². The average molecular weight is 288 g/mol. The molecule has 0 spiro atoms. The molecule has 1 amide bonds. The van der Waals surface area contributed by atoms with Crippen molar-refractivity contribution in [1.29, 1.82) is 0 Å². The molecule has 106 valence electrons. The summed E-state index contributed by atoms with van der Waals surface area (Å²) in [5.41, 5.74) is 7.90. The number of carbonyl (C=O) groups excluding carboxylic acids is 1. The topological polar surface area (TPSA) is 55.1 Å². The van der Waals surface area contributed by atoms with E-state index in [1.54, 1.807) is 0 Å². The predicted molar refractivity (Wildman–Crippen MR) is 85.3 cm³/mol. The van der Waals surface area contributed by atoms with Gasteiger partial charge in [-0.2, -0.15) is 0 Å². The molecule has 20 heavy (non-hydrogen) atoms. The van der Waals surface area contributed by atoms with Crippen LogP contribution in [0.5, 0.6) is 0 Å². The first-order chi connectivity index (χ1) is 9.50. The van der Waals surface area contributed by atoms with Crippen molar-refractivity contribution in [1.82, 2.24) is 5.32 Å². The van der Waals surface area contributed by atoms with E-state index in [4.69, 9.17) is 5.73 Å². The highest BCUT2D eigenvalue weighted by Gasteiger charge is 2.31. The Kier molecular flexibility index (Phi) is 3.21. The quantitative estimate of drug-likeness (QED) is 0.881. The molecule has 3 nitrogen and oxygen atoms in total. The number of hydrogen-bond acceptors (Lipinski definition) is 3. The van der Waals surface area contributed by atoms with Gasteiger partial charge in [0.15, 0.2) is 0 Å². The second-order valence-corrected chi connectivity index (χ2v) is 7.04. The molecule has 3 N–H and O–H groups in total. The Morgan fingerprint density at radius 2 is 2.05 bits per heavy atom. The molecule has 1 fully saturated rings. The number of amides is 1. The number of nitrogen functional groups attached to an aromatic ring is 1. The lowest BCUT2D eigenvalue weighted by Gasteiger charge is -2.24. The first-order valence-electron chi connectivity index (χ1n) is 7.10. The van der Waals surface area contributed by atoms with Gasteiger partial charge in [-0.1, -0.05) is 31.0 Å². The van der Waals surface area contributed by atoms with E-state index >= 15 is 0 Å². The Hall–Kier alpha value is -1.55. The van der Waals surface area contributed by atoms with Crippen LogP contribution in [0.4, 0.5) is 5.69 Å². The lowest BCUT2D eigenvalue weighted by atomic mass is 10.0. The van der Waals surface area contributed by atoms with Crippen molar-refractivity contribution >= 4 is 33.0 Å². The third kappa shape index (κ3) is 2.18. The van der Waals surface area contributed by atoms with Crippen LogP contribution in [0.15, 0.2) is 18.2 Å². The van der Waals surface area contributed by atoms with E-state index in [2.05, 4.69) is 25.2 Å². The van der Waals surface area contributed by atoms with E-state index in [-0.39, 0.29) is 11.4 Å². The van der Waals surface area contributed by atoms with Crippen LogP contribution in [0, 0.1) is 6.92 Å². The number of aryl methyl sites for hydroxylation is 1. The van der Waals surface area contributed by atoms with Crippen LogP contribution in [0.3, 0.4) is 0 Å². The van der Waals surface area contributed by atoms with Crippen LogP contribution in [0.25, 0.3) is 10.1 Å². The molecule has 1 aliphatic rings. The van der Waals surface area contributed by atoms with Crippen molar-refractivity contribution in [3.8, 4) is 0 Å². The van der Waals surface area contributed by atoms with Crippen molar-refractivity contribution in [2.75, 3.05) is 5.73 Å². The molecule has 1 aromatic carbocycles. The number of carbonyl (C=O) groups is 1. The summed E-state index contributed by atoms with van der Waals surface area (Å²) in [6.45, 7) is 4.19. The average Bonchev–Trinajstić information content (AvgIpc) is 2.96. The number of benzene rings is 1. The van der Waals surface area contributed by atoms with E-state index in [1.807, 2.05) is 12.1 Å². The van der Waals surface area contributed by atoms with E-state index in [0.717, 1.165) is 22.9 Å². The van der Waals surface area contributed by atoms with Crippen molar-refractivity contribution in [2.24, 2.45) is 0 Å². The SMILES string of the molecule is Cc1cccc2c(N)c(C(=O)NC3(C)CCCC3)sc12. The molecular formula is C16H20N2OS. The summed E-state index contributed by atoms with van der Waals surface area (Å²) in [4.78, 5) is 13.2. The van der Waals surface area contributed by atoms with E-state index in [1.165, 1.54) is 29.7 Å². The van der Waals surface area contributed by atoms with E-state index < -0.39 is 0 Å². The van der Waals surface area contributed by atoms with Crippen LogP contribution < -0.4 is 11.1 Å². The van der Waals surface area contributed by atoms with Gasteiger partial charge in [0.2, 0.25) is 0 Å². The van der Waals surface area contributed by atoms with Gasteiger partial charge < -0.3 is 11.1 Å². The number of hydrogen-bond donors (Lipinski definition) is 2. The summed E-state index contributed by atoms with van der Waals surface area (Å²) in [5.74, 6) is -0.0208. The normalized spacial score (nSPS) is 17.5. The molecule has 4 heteroatoms. The molecule has 0 bridgehead atoms. The van der Waals surface area contributed by atoms with Gasteiger partial charge in [-0.3, -0.25) is 4.79 Å². The lowest BCUT2D eigenvalue weighted by molar-refractivity contribution is 0.0913. The monoisotopic (exact) mass is 288 g/mol. The predicted octanol–water partition coefficient (Wildman–Crippen LogP) is 3.85. The highest BCUT2D eigenvalue weighted by atomic mass is 32.1. The Bertz CT molecular complexity index is 668. The largest absolute Gasteiger partial charge is 0.397 e. The fourth-order valence-electron chi connectivity index (χ4n) is 3.06. The number of thiophene rings is 1. The van der Waals surface area contributed by atoms with Crippen molar-refractivity contribution < 1.29 is 4.79 Å². The Morgan fingerprint density at radius 1 is 1.35 bits per heavy atom. The number of nitrogens with one attached hydrogen (secondary N) is 1. The van der Waals surface area contributed by atoms with Crippen LogP contribution in [0.2, 0.25) is 0 Å². The molecule has 0 unspecified atom stereocenters. The smallest absolute Gasteiger partial charge is 0.263 e. The molecule has 3 rings (SSSR count). The zero-order chi connectivity index (χ0) is 14.3. The fourth-order valence-corrected chi connectivity index (χ4v) is 4.14. The van der Waals surface area contributed by atoms with Crippen molar-refractivity contribution in [3.63, 3.8) is 0 Å². The van der Waals surface area contributed by atoms with Crippen LogP contribution in [-0.2, 0) is 0 Å². The Morgan fingerprint density at radius 3 is 2.70 bits per heavy atom. The standard InChI is InChI=1S/C16H20N2OS/c1-10-6-5-7-11-12(17)14(20-13(10)11)15(19)18-16(2)8-3-4-9-16/h5-7H,3-4,8-9,17H2,1-2H3,(H,18,19). The second kappa shape index (κ2) is 4.77. The first-order valence-corrected chi connectivity index (χ1v) is 7.92. The minimum atomic E-state index is -0.0608. The van der Waals surface area contributed by atoms with Crippen molar-refractivity contribution in [2.45, 2.75) is 45.1 Å². The molecule has 0 radical (unpaired) electrons. The number of anilines is 1. The van der Waals surface area contributed by atoms with Crippen molar-refractivity contribution in [3.05, 3.63) is 28.6 Å². The number of rotatable bonds is 2. The molecule has 0 saturated heterocycles. The van der Waals surface area contributed by atoms with Gasteiger partial charge >= 0.3 is 0 Å².